The molecule has 0 spiro atoms. The maximum absolute atomic E-state index is 12.5. The fourth-order valence-corrected chi connectivity index (χ4v) is 4.70. The summed E-state index contributed by atoms with van der Waals surface area (Å²) in [5.74, 6) is -0.135. The van der Waals surface area contributed by atoms with Crippen molar-refractivity contribution in [2.75, 3.05) is 11.9 Å². The van der Waals surface area contributed by atoms with E-state index in [4.69, 9.17) is 9.47 Å². The van der Waals surface area contributed by atoms with Crippen LogP contribution in [0.15, 0.2) is 16.8 Å². The fourth-order valence-electron chi connectivity index (χ4n) is 2.99. The average molecular weight is 568 g/mol. The number of aromatic nitrogens is 1. The molecule has 13 heteroatoms. The van der Waals surface area contributed by atoms with Gasteiger partial charge in [0, 0.05) is 23.7 Å². The molecule has 0 saturated heterocycles. The third kappa shape index (κ3) is 11.9. The van der Waals surface area contributed by atoms with Gasteiger partial charge >= 0.3 is 18.2 Å². The molecule has 0 fully saturated rings. The smallest absolute Gasteiger partial charge is 0.439 e. The Morgan fingerprint density at radius 2 is 1.55 bits per heavy atom. The lowest BCUT2D eigenvalue weighted by Crippen LogP contribution is -2.55. The van der Waals surface area contributed by atoms with Crippen molar-refractivity contribution >= 4 is 51.9 Å². The molecule has 5 amide bonds. The summed E-state index contributed by atoms with van der Waals surface area (Å²) in [7, 11) is 0. The third-order valence-corrected chi connectivity index (χ3v) is 6.32. The van der Waals surface area contributed by atoms with Gasteiger partial charge in [0.15, 0.2) is 5.13 Å². The number of carbonyl (C=O) groups excluding carboxylic acids is 4. The zero-order valence-electron chi connectivity index (χ0n) is 22.9. The molecule has 2 aromatic rings. The van der Waals surface area contributed by atoms with Crippen LogP contribution in [0.5, 0.6) is 0 Å². The summed E-state index contributed by atoms with van der Waals surface area (Å²) in [6, 6.07) is 1.41. The van der Waals surface area contributed by atoms with E-state index in [1.54, 1.807) is 52.9 Å². The minimum atomic E-state index is -1.04. The van der Waals surface area contributed by atoms with Gasteiger partial charge in [0.25, 0.3) is 0 Å². The van der Waals surface area contributed by atoms with Crippen molar-refractivity contribution < 1.29 is 28.7 Å². The first-order valence-electron chi connectivity index (χ1n) is 12.2. The molecule has 0 aliphatic rings. The number of imide groups is 1. The van der Waals surface area contributed by atoms with Crippen LogP contribution in [0.4, 0.5) is 19.5 Å². The Kier molecular flexibility index (Phi) is 11.1. The van der Waals surface area contributed by atoms with Crippen LogP contribution in [0.3, 0.4) is 0 Å². The van der Waals surface area contributed by atoms with Crippen molar-refractivity contribution in [3.05, 3.63) is 33.0 Å². The highest BCUT2D eigenvalue weighted by Crippen LogP contribution is 2.21. The molecule has 0 atom stereocenters. The van der Waals surface area contributed by atoms with Crippen molar-refractivity contribution in [3.63, 3.8) is 0 Å². The summed E-state index contributed by atoms with van der Waals surface area (Å²) in [5, 5.41) is 10.4. The molecule has 0 radical (unpaired) electrons. The summed E-state index contributed by atoms with van der Waals surface area (Å²) < 4.78 is 10.4. The lowest BCUT2D eigenvalue weighted by atomic mass is 10.1. The van der Waals surface area contributed by atoms with Crippen molar-refractivity contribution in [2.24, 2.45) is 0 Å². The van der Waals surface area contributed by atoms with E-state index in [0.717, 1.165) is 30.5 Å². The summed E-state index contributed by atoms with van der Waals surface area (Å²) in [5.41, 5.74) is 2.58. The van der Waals surface area contributed by atoms with E-state index in [-0.39, 0.29) is 5.91 Å². The number of urea groups is 1. The average Bonchev–Trinajstić information content (AvgIpc) is 3.39. The number of hydrazine groups is 1. The first-order chi connectivity index (χ1) is 17.6. The van der Waals surface area contributed by atoms with Gasteiger partial charge in [0.2, 0.25) is 5.91 Å². The number of nitrogens with one attached hydrogen (secondary N) is 3. The van der Waals surface area contributed by atoms with Crippen molar-refractivity contribution in [3.8, 4) is 0 Å². The predicted octanol–water partition coefficient (Wildman–Crippen LogP) is 5.27. The summed E-state index contributed by atoms with van der Waals surface area (Å²) in [6.07, 6.45) is 0.952. The third-order valence-electron chi connectivity index (χ3n) is 4.46. The topological polar surface area (TPSA) is 139 Å². The van der Waals surface area contributed by atoms with Gasteiger partial charge in [0.05, 0.1) is 5.69 Å². The molecule has 0 aliphatic carbocycles. The van der Waals surface area contributed by atoms with E-state index >= 15 is 0 Å². The highest BCUT2D eigenvalue weighted by molar-refractivity contribution is 7.14. The molecule has 0 aromatic carbocycles. The predicted molar refractivity (Wildman–Crippen MR) is 147 cm³/mol. The Balaban J connectivity index is 1.79. The molecule has 0 aliphatic heterocycles. The summed E-state index contributed by atoms with van der Waals surface area (Å²) in [6.45, 7) is 11.7. The molecule has 11 nitrogen and oxygen atoms in total. The van der Waals surface area contributed by atoms with E-state index in [2.05, 4.69) is 32.5 Å². The van der Waals surface area contributed by atoms with Crippen LogP contribution in [0, 0.1) is 0 Å². The number of carbonyl (C=O) groups is 4. The first-order valence-corrected chi connectivity index (χ1v) is 14.0. The summed E-state index contributed by atoms with van der Waals surface area (Å²) in [4.78, 5) is 54.1. The zero-order valence-corrected chi connectivity index (χ0v) is 24.6. The van der Waals surface area contributed by atoms with Gasteiger partial charge in [-0.15, -0.1) is 27.7 Å². The Morgan fingerprint density at radius 1 is 0.921 bits per heavy atom. The number of rotatable bonds is 8. The molecular formula is C25H37N5O6S2. The summed E-state index contributed by atoms with van der Waals surface area (Å²) >= 11 is 3.08. The van der Waals surface area contributed by atoms with E-state index in [1.165, 1.54) is 23.1 Å². The number of aryl methyl sites for hydroxylation is 3. The number of thiazole rings is 1. The number of anilines is 1. The van der Waals surface area contributed by atoms with Crippen LogP contribution in [-0.2, 0) is 33.5 Å². The molecule has 0 saturated carbocycles. The molecule has 0 unspecified atom stereocenters. The van der Waals surface area contributed by atoms with Gasteiger partial charge in [-0.2, -0.15) is 0 Å². The van der Waals surface area contributed by atoms with E-state index < -0.39 is 29.4 Å². The number of hydrogen-bond donors (Lipinski definition) is 3. The van der Waals surface area contributed by atoms with E-state index in [1.807, 2.05) is 5.38 Å². The van der Waals surface area contributed by atoms with E-state index in [9.17, 15) is 19.2 Å². The molecule has 2 rings (SSSR count). The van der Waals surface area contributed by atoms with Crippen molar-refractivity contribution in [1.82, 2.24) is 20.7 Å². The molecule has 210 valence electrons. The zero-order chi connectivity index (χ0) is 28.5. The van der Waals surface area contributed by atoms with Gasteiger partial charge in [-0.1, -0.05) is 0 Å². The maximum Gasteiger partial charge on any atom is 0.439 e. The quantitative estimate of drug-likeness (QED) is 0.292. The van der Waals surface area contributed by atoms with Gasteiger partial charge in [-0.05, 0) is 84.2 Å². The van der Waals surface area contributed by atoms with Crippen LogP contribution < -0.4 is 16.1 Å². The Bertz CT molecular complexity index is 1090. The number of amides is 5. The Hall–Kier alpha value is -3.19. The van der Waals surface area contributed by atoms with Crippen LogP contribution in [0.25, 0.3) is 0 Å². The number of thiophene rings is 1. The van der Waals surface area contributed by atoms with Gasteiger partial charge in [0.1, 0.15) is 11.2 Å². The standard InChI is InChI=1S/C25H37N5O6S2/c1-16(31)27-21-28-18(15-38-21)10-11-19-13-17(14-37-19)9-8-12-26-20(32)29-30(22(33)35-24(2,3)4)23(34)36-25(5,6)7/h13-15H,8-12H2,1-7H3,(H2,26,29,32)(H,27,28,31). The number of nitrogens with zero attached hydrogens (tertiary/aromatic N) is 2. The highest BCUT2D eigenvalue weighted by Gasteiger charge is 2.32. The molecular weight excluding hydrogens is 530 g/mol. The van der Waals surface area contributed by atoms with Crippen LogP contribution in [0.2, 0.25) is 0 Å². The Morgan fingerprint density at radius 3 is 2.13 bits per heavy atom. The monoisotopic (exact) mass is 567 g/mol. The molecule has 2 heterocycles. The van der Waals surface area contributed by atoms with Gasteiger partial charge in [-0.25, -0.2) is 24.8 Å². The molecule has 3 N–H and O–H groups in total. The van der Waals surface area contributed by atoms with E-state index in [0.29, 0.717) is 23.1 Å². The Labute approximate surface area is 231 Å². The van der Waals surface area contributed by atoms with Crippen LogP contribution in [-0.4, -0.2) is 51.9 Å². The second-order valence-electron chi connectivity index (χ2n) is 10.5. The SMILES string of the molecule is CC(=O)Nc1nc(CCc2cc(CCCNC(=O)NN(C(=O)OC(C)(C)C)C(=O)OC(C)(C)C)cs2)cs1. The van der Waals surface area contributed by atoms with Crippen LogP contribution >= 0.6 is 22.7 Å². The molecule has 38 heavy (non-hydrogen) atoms. The normalized spacial score (nSPS) is 11.4. The maximum atomic E-state index is 12.5. The van der Waals surface area contributed by atoms with Crippen LogP contribution in [0.1, 0.15) is 71.0 Å². The lowest BCUT2D eigenvalue weighted by Gasteiger charge is -2.28. The minimum Gasteiger partial charge on any atom is -0.442 e. The second kappa shape index (κ2) is 13.6. The van der Waals surface area contributed by atoms with Gasteiger partial charge < -0.3 is 20.1 Å². The first kappa shape index (κ1) is 31.0. The highest BCUT2D eigenvalue weighted by atomic mass is 32.1. The minimum absolute atomic E-state index is 0.135. The molecule has 0 bridgehead atoms. The second-order valence-corrected chi connectivity index (χ2v) is 12.4. The largest absolute Gasteiger partial charge is 0.442 e. The number of hydrogen-bond acceptors (Lipinski definition) is 9. The van der Waals surface area contributed by atoms with Crippen molar-refractivity contribution in [1.29, 1.82) is 0 Å². The fraction of sp³-hybridized carbons (Fsp3) is 0.560. The molecule has 2 aromatic heterocycles. The lowest BCUT2D eigenvalue weighted by molar-refractivity contribution is -0.114. The van der Waals surface area contributed by atoms with Gasteiger partial charge in [-0.3, -0.25) is 4.79 Å². The number of ether oxygens (including phenoxy) is 2. The van der Waals surface area contributed by atoms with Crippen molar-refractivity contribution in [2.45, 2.75) is 85.4 Å².